The van der Waals surface area contributed by atoms with Crippen molar-refractivity contribution >= 4 is 39.5 Å². The van der Waals surface area contributed by atoms with Crippen LogP contribution < -0.4 is 0 Å². The van der Waals surface area contributed by atoms with Crippen molar-refractivity contribution in [3.05, 3.63) is 194 Å². The van der Waals surface area contributed by atoms with Gasteiger partial charge in [-0.05, 0) is 173 Å². The van der Waals surface area contributed by atoms with Gasteiger partial charge in [0.2, 0.25) is 0 Å². The maximum absolute atomic E-state index is 13.1. The SMILES string of the molecule is CC/C=C\C/C=C\C/C=C\C/C=C\C/C=C\CCCCCC(=O)O[C@H](COC(=O)CC/C=C\C/C=C\C/C=C\C/C=C\C/C=C\CCCCC)COP(=O)(O)OC[C@@H](O)COP(=O)(O)OC[C@@H](COC(=O)CC/C=C\C/C=C\C/C=C\C/C=C\C/C=C\CCCCC)OC(=O)CCCCCCC/C=C\CCCCCCCC. The number of phosphoric acid groups is 2. The molecule has 0 heterocycles. The lowest BCUT2D eigenvalue weighted by Gasteiger charge is -2.21. The summed E-state index contributed by atoms with van der Waals surface area (Å²) in [6, 6.07) is 0. The van der Waals surface area contributed by atoms with Crippen LogP contribution in [0.5, 0.6) is 0 Å². The smallest absolute Gasteiger partial charge is 0.462 e. The minimum absolute atomic E-state index is 0.0210. The Bertz CT molecular complexity index is 2890. The van der Waals surface area contributed by atoms with Crippen LogP contribution in [0.25, 0.3) is 0 Å². The molecule has 0 rings (SSSR count). The monoisotopic (exact) mass is 1600 g/mol. The molecular weight excluding hydrogens is 1450 g/mol. The zero-order chi connectivity index (χ0) is 81.7. The number of carbonyl (C=O) groups excluding carboxylic acids is 4. The Hall–Kier alpha value is -6.10. The van der Waals surface area contributed by atoms with E-state index in [0.29, 0.717) is 38.5 Å². The first-order chi connectivity index (χ1) is 54.7. The zero-order valence-corrected chi connectivity index (χ0v) is 71.3. The van der Waals surface area contributed by atoms with Gasteiger partial charge >= 0.3 is 39.5 Å². The Morgan fingerprint density at radius 1 is 0.259 bits per heavy atom. The van der Waals surface area contributed by atoms with Gasteiger partial charge in [-0.1, -0.05) is 306 Å². The molecule has 19 heteroatoms. The highest BCUT2D eigenvalue weighted by molar-refractivity contribution is 7.47. The summed E-state index contributed by atoms with van der Waals surface area (Å²) in [4.78, 5) is 73.2. The topological polar surface area (TPSA) is 237 Å². The van der Waals surface area contributed by atoms with Crippen LogP contribution in [0.3, 0.4) is 0 Å². The Balaban J connectivity index is 5.57. The second kappa shape index (κ2) is 82.9. The molecule has 0 aromatic carbocycles. The van der Waals surface area contributed by atoms with Gasteiger partial charge in [-0.2, -0.15) is 0 Å². The van der Waals surface area contributed by atoms with Gasteiger partial charge in [-0.15, -0.1) is 0 Å². The molecule has 0 aliphatic carbocycles. The van der Waals surface area contributed by atoms with E-state index in [1.807, 2.05) is 36.5 Å². The summed E-state index contributed by atoms with van der Waals surface area (Å²) >= 11 is 0. The maximum Gasteiger partial charge on any atom is 0.472 e. The molecule has 3 N–H and O–H groups in total. The van der Waals surface area contributed by atoms with Crippen LogP contribution in [0.4, 0.5) is 0 Å². The third-order valence-corrected chi connectivity index (χ3v) is 18.9. The molecule has 0 amide bonds. The number of hydrogen-bond acceptors (Lipinski definition) is 15. The minimum atomic E-state index is -5.02. The number of hydrogen-bond donors (Lipinski definition) is 3. The summed E-state index contributed by atoms with van der Waals surface area (Å²) in [5, 5.41) is 10.7. The van der Waals surface area contributed by atoms with Gasteiger partial charge in [0.15, 0.2) is 12.2 Å². The first kappa shape index (κ1) is 106. The largest absolute Gasteiger partial charge is 0.472 e. The first-order valence-corrected chi connectivity index (χ1v) is 45.7. The number of phosphoric ester groups is 2. The van der Waals surface area contributed by atoms with E-state index in [4.69, 9.17) is 37.0 Å². The van der Waals surface area contributed by atoms with Crippen molar-refractivity contribution in [1.82, 2.24) is 0 Å². The van der Waals surface area contributed by atoms with E-state index in [-0.39, 0.29) is 25.7 Å². The molecule has 0 bridgehead atoms. The molecule has 0 fully saturated rings. The quantitative estimate of drug-likeness (QED) is 0.0169. The van der Waals surface area contributed by atoms with Crippen molar-refractivity contribution in [1.29, 1.82) is 0 Å². The molecule has 0 aliphatic heterocycles. The number of carbonyl (C=O) groups is 4. The van der Waals surface area contributed by atoms with E-state index in [0.717, 1.165) is 141 Å². The summed E-state index contributed by atoms with van der Waals surface area (Å²) in [5.74, 6) is -2.43. The third-order valence-electron chi connectivity index (χ3n) is 17.0. The minimum Gasteiger partial charge on any atom is -0.462 e. The van der Waals surface area contributed by atoms with E-state index in [1.54, 1.807) is 0 Å². The van der Waals surface area contributed by atoms with Crippen molar-refractivity contribution in [2.24, 2.45) is 0 Å². The molecule has 634 valence electrons. The highest BCUT2D eigenvalue weighted by Gasteiger charge is 2.30. The molecule has 2 unspecified atom stereocenters. The van der Waals surface area contributed by atoms with E-state index in [2.05, 4.69) is 186 Å². The van der Waals surface area contributed by atoms with Crippen molar-refractivity contribution in [3.63, 3.8) is 0 Å². The molecule has 0 saturated heterocycles. The fourth-order valence-corrected chi connectivity index (χ4v) is 12.1. The summed E-state index contributed by atoms with van der Waals surface area (Å²) in [7, 11) is -10.0. The lowest BCUT2D eigenvalue weighted by molar-refractivity contribution is -0.161. The van der Waals surface area contributed by atoms with Crippen molar-refractivity contribution in [2.75, 3.05) is 39.6 Å². The lowest BCUT2D eigenvalue weighted by Crippen LogP contribution is -2.30. The molecule has 0 aliphatic rings. The number of ether oxygens (including phenoxy) is 4. The van der Waals surface area contributed by atoms with Crippen molar-refractivity contribution < 1.29 is 80.2 Å². The van der Waals surface area contributed by atoms with Crippen LogP contribution in [0.2, 0.25) is 0 Å². The maximum atomic E-state index is 13.1. The molecule has 0 aromatic rings. The van der Waals surface area contributed by atoms with Gasteiger partial charge in [0.1, 0.15) is 19.3 Å². The summed E-state index contributed by atoms with van der Waals surface area (Å²) in [5.41, 5.74) is 0. The molecule has 0 saturated carbocycles. The molecule has 112 heavy (non-hydrogen) atoms. The molecule has 17 nitrogen and oxygen atoms in total. The summed E-state index contributed by atoms with van der Waals surface area (Å²) in [6.07, 6.45) is 103. The standard InChI is InChI=1S/C93H150O17P2/c1-5-9-13-17-21-25-29-33-37-40-43-46-50-53-57-61-65-69-73-77-90(95)103-83-88(109-92(97)79-75-71-67-63-59-55-49-36-32-28-24-20-16-12-8-4)85-107-111(99,100)105-81-87(94)82-106-112(101,102)108-86-89(110-93(98)80-76-72-68-64-60-56-52-48-45-42-39-35-31-27-23-19-15-11-7-3)84-104-91(96)78-74-70-66-62-58-54-51-47-44-41-38-34-30-26-22-18-14-10-6-2/h11,15,21-23,25-27,33-39,43-49,53-54,56-58,60,65-66,69-70,87-89,94H,5-10,12-14,16-20,24,28-32,40-42,50-52,55,59,61-64,67-68,71-86H2,1-4H3,(H,99,100)(H,101,102)/b15-11-,25-21-,26-22-,27-23-,37-33-,38-34-,39-35-,46-43-,47-44-,48-45-,49-36-,57-53-,58-54-,60-56-,69-65-,70-66-/t87-,88+,89+/m0/s1. The van der Waals surface area contributed by atoms with Crippen molar-refractivity contribution in [3.8, 4) is 0 Å². The van der Waals surface area contributed by atoms with Gasteiger partial charge in [0, 0.05) is 25.7 Å². The molecule has 5 atom stereocenters. The van der Waals surface area contributed by atoms with Crippen molar-refractivity contribution in [2.45, 2.75) is 329 Å². The highest BCUT2D eigenvalue weighted by atomic mass is 31.2. The Labute approximate surface area is 678 Å². The number of rotatable bonds is 78. The number of unbranched alkanes of at least 4 members (excludes halogenated alkanes) is 20. The predicted molar refractivity (Wildman–Crippen MR) is 463 cm³/mol. The van der Waals surface area contributed by atoms with Crippen LogP contribution in [-0.4, -0.2) is 96.7 Å². The fraction of sp³-hybridized carbons (Fsp3) is 0.613. The van der Waals surface area contributed by atoms with E-state index < -0.39 is 97.5 Å². The average Bonchev–Trinajstić information content (AvgIpc) is 0.897. The van der Waals surface area contributed by atoms with E-state index in [1.165, 1.54) is 77.0 Å². The van der Waals surface area contributed by atoms with Gasteiger partial charge in [-0.25, -0.2) is 9.13 Å². The third kappa shape index (κ3) is 81.9. The molecular formula is C93H150O17P2. The van der Waals surface area contributed by atoms with Crippen LogP contribution in [0.1, 0.15) is 310 Å². The number of aliphatic hydroxyl groups is 1. The second-order valence-corrected chi connectivity index (χ2v) is 30.6. The first-order valence-electron chi connectivity index (χ1n) is 42.7. The van der Waals surface area contributed by atoms with Gasteiger partial charge in [0.25, 0.3) is 0 Å². The van der Waals surface area contributed by atoms with E-state index >= 15 is 0 Å². The van der Waals surface area contributed by atoms with Gasteiger partial charge in [0.05, 0.1) is 26.4 Å². The van der Waals surface area contributed by atoms with Crippen LogP contribution in [0.15, 0.2) is 194 Å². The highest BCUT2D eigenvalue weighted by Crippen LogP contribution is 2.45. The Kier molecular flexibility index (Phi) is 78.4. The second-order valence-electron chi connectivity index (χ2n) is 27.7. The predicted octanol–water partition coefficient (Wildman–Crippen LogP) is 25.7. The van der Waals surface area contributed by atoms with Crippen LogP contribution in [-0.2, 0) is 65.4 Å². The summed E-state index contributed by atoms with van der Waals surface area (Å²) in [6.45, 7) is 4.48. The number of esters is 4. The van der Waals surface area contributed by atoms with Gasteiger partial charge in [-0.3, -0.25) is 37.3 Å². The van der Waals surface area contributed by atoms with Crippen LogP contribution >= 0.6 is 15.6 Å². The normalized spacial score (nSPS) is 14.7. The molecule has 0 aromatic heterocycles. The number of allylic oxidation sites excluding steroid dienone is 32. The van der Waals surface area contributed by atoms with Crippen LogP contribution in [0, 0.1) is 0 Å². The average molecular weight is 1600 g/mol. The fourth-order valence-electron chi connectivity index (χ4n) is 10.6. The zero-order valence-electron chi connectivity index (χ0n) is 69.5. The molecule has 0 spiro atoms. The van der Waals surface area contributed by atoms with E-state index in [9.17, 15) is 43.2 Å². The molecule has 0 radical (unpaired) electrons. The number of aliphatic hydroxyl groups excluding tert-OH is 1. The van der Waals surface area contributed by atoms with Gasteiger partial charge < -0.3 is 33.8 Å². The summed E-state index contributed by atoms with van der Waals surface area (Å²) < 4.78 is 68.6. The Morgan fingerprint density at radius 3 is 0.786 bits per heavy atom. The Morgan fingerprint density at radius 2 is 0.482 bits per heavy atom. The lowest BCUT2D eigenvalue weighted by atomic mass is 10.1.